The molecule has 3 heterocycles. The molecule has 0 atom stereocenters. The third-order valence-electron chi connectivity index (χ3n) is 6.34. The summed E-state index contributed by atoms with van der Waals surface area (Å²) in [6.45, 7) is -0.0382. The third-order valence-corrected chi connectivity index (χ3v) is 13.0. The summed E-state index contributed by atoms with van der Waals surface area (Å²) in [6.07, 6.45) is 5.38. The number of hydrogen-bond donors (Lipinski definition) is 3. The molecule has 8 heteroatoms. The Morgan fingerprint density at radius 1 is 0.447 bits per heavy atom. The van der Waals surface area contributed by atoms with E-state index in [4.69, 9.17) is 0 Å². The van der Waals surface area contributed by atoms with Crippen LogP contribution in [0.5, 0.6) is 0 Å². The summed E-state index contributed by atoms with van der Waals surface area (Å²) < 4.78 is 3.98. The van der Waals surface area contributed by atoms with E-state index < -0.39 is 21.8 Å². The first-order chi connectivity index (χ1) is 18.8. The van der Waals surface area contributed by atoms with Crippen molar-refractivity contribution in [2.24, 2.45) is 0 Å². The molecular formula is C30H30BN6Zr. The van der Waals surface area contributed by atoms with E-state index >= 15 is 0 Å². The van der Waals surface area contributed by atoms with Gasteiger partial charge in [-0.15, -0.1) is 0 Å². The van der Waals surface area contributed by atoms with E-state index in [1.165, 1.54) is 29.1 Å². The second-order valence-corrected chi connectivity index (χ2v) is 15.5. The Morgan fingerprint density at radius 2 is 0.763 bits per heavy atom. The average Bonchev–Trinajstić information content (AvgIpc) is 3.77. The molecule has 0 amide bonds. The van der Waals surface area contributed by atoms with Crippen molar-refractivity contribution < 1.29 is 21.8 Å². The van der Waals surface area contributed by atoms with E-state index in [-0.39, 0.29) is 6.71 Å². The van der Waals surface area contributed by atoms with Gasteiger partial charge in [0.2, 0.25) is 0 Å². The number of H-pyrrole nitrogens is 3. The Labute approximate surface area is 231 Å². The molecule has 6 aromatic rings. The van der Waals surface area contributed by atoms with Crippen LogP contribution in [0, 0.1) is 0 Å². The summed E-state index contributed by atoms with van der Waals surface area (Å²) in [5.41, 5.74) is 7.26. The zero-order valence-electron chi connectivity index (χ0n) is 21.2. The van der Waals surface area contributed by atoms with Gasteiger partial charge in [-0.1, -0.05) is 0 Å². The van der Waals surface area contributed by atoms with Crippen molar-refractivity contribution in [3.05, 3.63) is 144 Å². The first kappa shape index (κ1) is 25.9. The Bertz CT molecular complexity index is 1250. The Hall–Kier alpha value is -3.76. The number of hydrogen-bond acceptors (Lipinski definition) is 3. The van der Waals surface area contributed by atoms with Crippen molar-refractivity contribution in [3.8, 4) is 0 Å². The summed E-state index contributed by atoms with van der Waals surface area (Å²) in [6, 6.07) is 38.8. The van der Waals surface area contributed by atoms with Crippen molar-refractivity contribution in [3.63, 3.8) is 0 Å². The van der Waals surface area contributed by atoms with Crippen LogP contribution >= 0.6 is 0 Å². The minimum atomic E-state index is -1.56. The van der Waals surface area contributed by atoms with Gasteiger partial charge in [-0.3, -0.25) is 15.3 Å². The van der Waals surface area contributed by atoms with Crippen LogP contribution in [0.3, 0.4) is 0 Å². The van der Waals surface area contributed by atoms with Gasteiger partial charge in [0, 0.05) is 35.4 Å². The zero-order chi connectivity index (χ0) is 25.8. The number of aromatic nitrogens is 6. The Balaban J connectivity index is 0.000000162. The fourth-order valence-corrected chi connectivity index (χ4v) is 11.5. The van der Waals surface area contributed by atoms with Crippen molar-refractivity contribution in [2.45, 2.75) is 12.4 Å². The molecule has 0 bridgehead atoms. The molecule has 0 aliphatic heterocycles. The third kappa shape index (κ3) is 7.39. The summed E-state index contributed by atoms with van der Waals surface area (Å²) >= 11 is -1.56. The van der Waals surface area contributed by atoms with Crippen LogP contribution in [0.4, 0.5) is 0 Å². The van der Waals surface area contributed by atoms with Gasteiger partial charge in [0.15, 0.2) is 0 Å². The van der Waals surface area contributed by atoms with Crippen molar-refractivity contribution >= 4 is 23.5 Å². The molecule has 6 nitrogen and oxygen atoms in total. The quantitative estimate of drug-likeness (QED) is 0.230. The molecule has 0 aliphatic carbocycles. The molecule has 6 rings (SSSR count). The van der Waals surface area contributed by atoms with Gasteiger partial charge >= 0.3 is 149 Å². The predicted molar refractivity (Wildman–Crippen MR) is 151 cm³/mol. The van der Waals surface area contributed by atoms with Gasteiger partial charge in [0.05, 0.1) is 0 Å². The van der Waals surface area contributed by atoms with E-state index in [0.717, 1.165) is 16.8 Å². The van der Waals surface area contributed by atoms with Gasteiger partial charge in [-0.05, 0) is 18.2 Å². The van der Waals surface area contributed by atoms with Crippen molar-refractivity contribution in [1.82, 2.24) is 30.6 Å². The molecule has 0 unspecified atom stereocenters. The molecule has 0 fully saturated rings. The number of aromatic amines is 3. The molecule has 3 aromatic carbocycles. The monoisotopic (exact) mass is 575 g/mol. The summed E-state index contributed by atoms with van der Waals surface area (Å²) in [7, 11) is 0. The van der Waals surface area contributed by atoms with E-state index in [9.17, 15) is 0 Å². The van der Waals surface area contributed by atoms with E-state index in [1.54, 1.807) is 18.6 Å². The van der Waals surface area contributed by atoms with Crippen LogP contribution in [0.1, 0.15) is 16.7 Å². The average molecular weight is 577 g/mol. The predicted octanol–water partition coefficient (Wildman–Crippen LogP) is 3.58. The first-order valence-corrected chi connectivity index (χ1v) is 18.0. The number of nitrogens with zero attached hydrogens (tertiary/aromatic N) is 3. The fourth-order valence-electron chi connectivity index (χ4n) is 4.59. The molecule has 3 N–H and O–H groups in total. The summed E-state index contributed by atoms with van der Waals surface area (Å²) in [5.74, 6) is 0. The molecule has 0 saturated carbocycles. The van der Waals surface area contributed by atoms with Gasteiger partial charge in [-0.25, -0.2) is 0 Å². The van der Waals surface area contributed by atoms with Crippen LogP contribution in [-0.4, -0.2) is 37.3 Å². The van der Waals surface area contributed by atoms with Crippen molar-refractivity contribution in [2.75, 3.05) is 0 Å². The first-order valence-electron chi connectivity index (χ1n) is 12.8. The van der Waals surface area contributed by atoms with Gasteiger partial charge in [-0.2, -0.15) is 15.3 Å². The molecular weight excluding hydrogens is 546 g/mol. The SMILES string of the molecule is c1cc(B(c2cc[nH]n2)c2cc[nH]n2)n[nH]1.c1ccc([CH2][Zr]([CH2]c2ccccc2)[CH2]c2ccccc2)cc1. The summed E-state index contributed by atoms with van der Waals surface area (Å²) in [5, 5.41) is 21.0. The molecule has 187 valence electrons. The fraction of sp³-hybridized carbons (Fsp3) is 0.100. The standard InChI is InChI=1S/C9H9BN6.3C7H7.Zr/c1-4-11-14-7(1)10(8-2-5-12-15-8)9-3-6-13-16-9;3*1-7-5-3-2-4-6-7;/h1-6H,(H,11,14)(H,12,15)(H,13,16);3*2-6H,1H2;. The maximum absolute atomic E-state index is 4.20. The number of nitrogens with one attached hydrogen (secondary N) is 3. The Morgan fingerprint density at radius 3 is 1.03 bits per heavy atom. The second-order valence-electron chi connectivity index (χ2n) is 9.17. The topological polar surface area (TPSA) is 86.0 Å². The van der Waals surface area contributed by atoms with Gasteiger partial charge < -0.3 is 0 Å². The zero-order valence-corrected chi connectivity index (χ0v) is 23.6. The number of benzene rings is 3. The van der Waals surface area contributed by atoms with Crippen LogP contribution in [0.15, 0.2) is 128 Å². The maximum atomic E-state index is 4.20. The molecule has 3 aromatic heterocycles. The molecule has 0 spiro atoms. The second kappa shape index (κ2) is 13.7. The van der Waals surface area contributed by atoms with Crippen molar-refractivity contribution in [1.29, 1.82) is 0 Å². The summed E-state index contributed by atoms with van der Waals surface area (Å²) in [4.78, 5) is 0. The van der Waals surface area contributed by atoms with E-state index in [1.807, 2.05) is 18.2 Å². The minimum absolute atomic E-state index is 0.0382. The molecule has 0 radical (unpaired) electrons. The van der Waals surface area contributed by atoms with E-state index in [2.05, 4.69) is 122 Å². The van der Waals surface area contributed by atoms with E-state index in [0.29, 0.717) is 0 Å². The van der Waals surface area contributed by atoms with Crippen LogP contribution in [0.2, 0.25) is 0 Å². The van der Waals surface area contributed by atoms with Gasteiger partial charge in [0.25, 0.3) is 0 Å². The normalized spacial score (nSPS) is 10.4. The molecule has 0 aliphatic rings. The van der Waals surface area contributed by atoms with Gasteiger partial charge in [0.1, 0.15) is 0 Å². The van der Waals surface area contributed by atoms with Crippen LogP contribution < -0.4 is 16.8 Å². The van der Waals surface area contributed by atoms with Crippen LogP contribution in [-0.2, 0) is 34.1 Å². The Kier molecular flexibility index (Phi) is 9.32. The molecule has 38 heavy (non-hydrogen) atoms. The molecule has 0 saturated heterocycles. The van der Waals surface area contributed by atoms with Crippen LogP contribution in [0.25, 0.3) is 0 Å². The number of rotatable bonds is 9.